The lowest BCUT2D eigenvalue weighted by Crippen LogP contribution is -2.17. The van der Waals surface area contributed by atoms with Crippen LogP contribution < -0.4 is 9.80 Å². The number of benzene rings is 3. The number of anilines is 2. The van der Waals surface area contributed by atoms with Crippen molar-refractivity contribution in [3.63, 3.8) is 0 Å². The van der Waals surface area contributed by atoms with E-state index in [1.807, 2.05) is 98.7 Å². The minimum Gasteiger partial charge on any atom is -0.378 e. The molecule has 3 aromatic rings. The van der Waals surface area contributed by atoms with E-state index in [9.17, 15) is 8.42 Å². The highest BCUT2D eigenvalue weighted by atomic mass is 35.5. The molecule has 0 aliphatic carbocycles. The summed E-state index contributed by atoms with van der Waals surface area (Å²) in [6.07, 6.45) is 7.13. The SMILES string of the molecule is CN(C)c1ccc(C=CC(C=Cc2ccc(N(C)C)cc2)S(=O)(=O)c2ccc(Cl)cc2)cc1. The summed E-state index contributed by atoms with van der Waals surface area (Å²) in [5, 5.41) is -0.334. The zero-order valence-electron chi connectivity index (χ0n) is 19.3. The molecule has 0 heterocycles. The molecule has 0 saturated carbocycles. The number of hydrogen-bond donors (Lipinski definition) is 0. The fourth-order valence-electron chi connectivity index (χ4n) is 3.23. The van der Waals surface area contributed by atoms with Crippen LogP contribution in [0, 0.1) is 0 Å². The van der Waals surface area contributed by atoms with Crippen molar-refractivity contribution in [3.05, 3.63) is 101 Å². The summed E-state index contributed by atoms with van der Waals surface area (Å²) < 4.78 is 26.8. The molecule has 172 valence electrons. The van der Waals surface area contributed by atoms with Gasteiger partial charge in [0.05, 0.1) is 4.90 Å². The van der Waals surface area contributed by atoms with Crippen LogP contribution >= 0.6 is 11.6 Å². The molecule has 0 aliphatic rings. The van der Waals surface area contributed by atoms with Gasteiger partial charge in [0.1, 0.15) is 5.25 Å². The zero-order chi connectivity index (χ0) is 24.0. The van der Waals surface area contributed by atoms with Crippen LogP contribution in [-0.4, -0.2) is 41.9 Å². The summed E-state index contributed by atoms with van der Waals surface area (Å²) in [6, 6.07) is 22.2. The Morgan fingerprint density at radius 3 is 1.42 bits per heavy atom. The highest BCUT2D eigenvalue weighted by molar-refractivity contribution is 7.92. The molecule has 0 aromatic heterocycles. The van der Waals surface area contributed by atoms with Crippen molar-refractivity contribution in [1.29, 1.82) is 0 Å². The molecule has 0 radical (unpaired) electrons. The normalized spacial score (nSPS) is 12.9. The van der Waals surface area contributed by atoms with E-state index in [0.29, 0.717) is 5.02 Å². The first-order chi connectivity index (χ1) is 15.7. The highest BCUT2D eigenvalue weighted by Gasteiger charge is 2.23. The Balaban J connectivity index is 1.93. The second kappa shape index (κ2) is 10.7. The molecule has 0 atom stereocenters. The maximum atomic E-state index is 13.4. The van der Waals surface area contributed by atoms with Crippen LogP contribution in [0.25, 0.3) is 12.2 Å². The molecule has 0 bridgehead atoms. The molecule has 0 spiro atoms. The quantitative estimate of drug-likeness (QED) is 0.394. The van der Waals surface area contributed by atoms with Crippen molar-refractivity contribution >= 4 is 45.0 Å². The lowest BCUT2D eigenvalue weighted by atomic mass is 10.1. The number of rotatable bonds is 8. The zero-order valence-corrected chi connectivity index (χ0v) is 20.9. The van der Waals surface area contributed by atoms with Crippen LogP contribution in [0.2, 0.25) is 5.02 Å². The third-order valence-electron chi connectivity index (χ3n) is 5.28. The van der Waals surface area contributed by atoms with Gasteiger partial charge in [0, 0.05) is 44.6 Å². The predicted molar refractivity (Wildman–Crippen MR) is 142 cm³/mol. The molecule has 0 saturated heterocycles. The van der Waals surface area contributed by atoms with Gasteiger partial charge in [-0.05, 0) is 59.7 Å². The number of sulfone groups is 1. The topological polar surface area (TPSA) is 40.6 Å². The molecular formula is C27H29ClN2O2S. The minimum absolute atomic E-state index is 0.233. The highest BCUT2D eigenvalue weighted by Crippen LogP contribution is 2.23. The maximum absolute atomic E-state index is 13.4. The van der Waals surface area contributed by atoms with Crippen LogP contribution in [0.4, 0.5) is 11.4 Å². The molecule has 0 fully saturated rings. The molecule has 0 amide bonds. The van der Waals surface area contributed by atoms with Gasteiger partial charge in [-0.1, -0.05) is 60.2 Å². The third-order valence-corrected chi connectivity index (χ3v) is 7.49. The van der Waals surface area contributed by atoms with E-state index in [1.165, 1.54) is 0 Å². The Kier molecular flexibility index (Phi) is 8.01. The first kappa shape index (κ1) is 24.6. The van der Waals surface area contributed by atoms with Crippen molar-refractivity contribution in [2.24, 2.45) is 0 Å². The Bertz CT molecular complexity index is 1150. The van der Waals surface area contributed by atoms with E-state index in [1.54, 1.807) is 36.4 Å². The third kappa shape index (κ3) is 6.50. The molecule has 6 heteroatoms. The van der Waals surface area contributed by atoms with Crippen LogP contribution in [0.1, 0.15) is 11.1 Å². The predicted octanol–water partition coefficient (Wildman–Crippen LogP) is 6.04. The van der Waals surface area contributed by atoms with Crippen molar-refractivity contribution in [2.45, 2.75) is 10.1 Å². The first-order valence-corrected chi connectivity index (χ1v) is 12.5. The Hall–Kier alpha value is -3.02. The van der Waals surface area contributed by atoms with E-state index >= 15 is 0 Å². The summed E-state index contributed by atoms with van der Waals surface area (Å²) in [6.45, 7) is 0. The van der Waals surface area contributed by atoms with E-state index in [2.05, 4.69) is 0 Å². The molecule has 3 rings (SSSR count). The standard InChI is InChI=1S/C27H29ClN2O2S/c1-29(2)24-13-5-21(6-14-24)9-17-26(33(31,32)27-19-11-23(28)12-20-27)18-10-22-7-15-25(16-8-22)30(3)4/h5-20,26H,1-4H3. The van der Waals surface area contributed by atoms with Crippen LogP contribution in [-0.2, 0) is 9.84 Å². The van der Waals surface area contributed by atoms with Crippen molar-refractivity contribution in [1.82, 2.24) is 0 Å². The van der Waals surface area contributed by atoms with Crippen LogP contribution in [0.5, 0.6) is 0 Å². The summed E-state index contributed by atoms with van der Waals surface area (Å²) in [7, 11) is 4.28. The van der Waals surface area contributed by atoms with Gasteiger partial charge >= 0.3 is 0 Å². The molecule has 3 aromatic carbocycles. The van der Waals surface area contributed by atoms with Gasteiger partial charge in [-0.3, -0.25) is 0 Å². The summed E-state index contributed by atoms with van der Waals surface area (Å²) in [4.78, 5) is 4.27. The smallest absolute Gasteiger partial charge is 0.188 e. The summed E-state index contributed by atoms with van der Waals surface area (Å²) in [5.74, 6) is 0. The van der Waals surface area contributed by atoms with Gasteiger partial charge in [0.25, 0.3) is 0 Å². The fraction of sp³-hybridized carbons (Fsp3) is 0.185. The second-order valence-corrected chi connectivity index (χ2v) is 10.7. The van der Waals surface area contributed by atoms with Crippen molar-refractivity contribution < 1.29 is 8.42 Å². The number of nitrogens with zero attached hydrogens (tertiary/aromatic N) is 2. The van der Waals surface area contributed by atoms with Gasteiger partial charge < -0.3 is 9.80 Å². The van der Waals surface area contributed by atoms with Gasteiger partial charge in [-0.2, -0.15) is 0 Å². The lowest BCUT2D eigenvalue weighted by molar-refractivity contribution is 0.594. The first-order valence-electron chi connectivity index (χ1n) is 10.6. The number of halogens is 1. The fourth-order valence-corrected chi connectivity index (χ4v) is 4.76. The van der Waals surface area contributed by atoms with Gasteiger partial charge in [-0.15, -0.1) is 0 Å². The molecule has 0 unspecified atom stereocenters. The average Bonchev–Trinajstić information content (AvgIpc) is 2.79. The largest absolute Gasteiger partial charge is 0.378 e. The van der Waals surface area contributed by atoms with Gasteiger partial charge in [0.15, 0.2) is 9.84 Å². The Labute approximate surface area is 202 Å². The van der Waals surface area contributed by atoms with E-state index in [0.717, 1.165) is 22.5 Å². The maximum Gasteiger partial charge on any atom is 0.188 e. The molecule has 33 heavy (non-hydrogen) atoms. The minimum atomic E-state index is -3.65. The monoisotopic (exact) mass is 480 g/mol. The van der Waals surface area contributed by atoms with Crippen LogP contribution in [0.15, 0.2) is 89.8 Å². The Morgan fingerprint density at radius 1 is 0.667 bits per heavy atom. The summed E-state index contributed by atoms with van der Waals surface area (Å²) >= 11 is 5.96. The van der Waals surface area contributed by atoms with E-state index < -0.39 is 15.1 Å². The second-order valence-electron chi connectivity index (χ2n) is 8.15. The Morgan fingerprint density at radius 2 is 1.06 bits per heavy atom. The van der Waals surface area contributed by atoms with E-state index in [-0.39, 0.29) is 4.90 Å². The summed E-state index contributed by atoms with van der Waals surface area (Å²) in [5.41, 5.74) is 4.03. The lowest BCUT2D eigenvalue weighted by Gasteiger charge is -2.13. The van der Waals surface area contributed by atoms with Crippen LogP contribution in [0.3, 0.4) is 0 Å². The van der Waals surface area contributed by atoms with Crippen molar-refractivity contribution in [3.8, 4) is 0 Å². The molecule has 4 nitrogen and oxygen atoms in total. The van der Waals surface area contributed by atoms with Crippen molar-refractivity contribution in [2.75, 3.05) is 38.0 Å². The van der Waals surface area contributed by atoms with E-state index in [4.69, 9.17) is 11.6 Å². The molecule has 0 N–H and O–H groups in total. The molecule has 0 aliphatic heterocycles. The average molecular weight is 481 g/mol. The van der Waals surface area contributed by atoms with Gasteiger partial charge in [0.2, 0.25) is 0 Å². The van der Waals surface area contributed by atoms with Gasteiger partial charge in [-0.25, -0.2) is 8.42 Å². The number of hydrogen-bond acceptors (Lipinski definition) is 4. The molecular weight excluding hydrogens is 452 g/mol.